The molecule has 0 saturated heterocycles. The van der Waals surface area contributed by atoms with E-state index in [1.54, 1.807) is 7.11 Å². The van der Waals surface area contributed by atoms with Crippen molar-refractivity contribution in [1.82, 2.24) is 9.97 Å². The van der Waals surface area contributed by atoms with Crippen molar-refractivity contribution in [3.8, 4) is 5.88 Å². The van der Waals surface area contributed by atoms with Crippen molar-refractivity contribution in [3.63, 3.8) is 0 Å². The second-order valence-electron chi connectivity index (χ2n) is 4.42. The van der Waals surface area contributed by atoms with Crippen LogP contribution in [0.1, 0.15) is 45.2 Å². The molecule has 0 saturated carbocycles. The predicted molar refractivity (Wildman–Crippen MR) is 70.5 cm³/mol. The molecule has 0 radical (unpaired) electrons. The van der Waals surface area contributed by atoms with Gasteiger partial charge in [0.15, 0.2) is 0 Å². The van der Waals surface area contributed by atoms with E-state index in [0.29, 0.717) is 17.9 Å². The predicted octanol–water partition coefficient (Wildman–Crippen LogP) is 3.17. The summed E-state index contributed by atoms with van der Waals surface area (Å²) in [7, 11) is 1.62. The maximum Gasteiger partial charge on any atom is 0.226 e. The molecule has 4 heteroatoms. The molecule has 1 unspecified atom stereocenters. The second-order valence-corrected chi connectivity index (χ2v) is 4.42. The van der Waals surface area contributed by atoms with Crippen LogP contribution in [0.5, 0.6) is 5.88 Å². The van der Waals surface area contributed by atoms with Gasteiger partial charge in [-0.05, 0) is 20.3 Å². The van der Waals surface area contributed by atoms with Gasteiger partial charge in [0.25, 0.3) is 0 Å². The highest BCUT2D eigenvalue weighted by Crippen LogP contribution is 2.13. The number of ether oxygens (including phenoxy) is 1. The average Bonchev–Trinajstić information content (AvgIpc) is 2.28. The normalized spacial score (nSPS) is 12.2. The van der Waals surface area contributed by atoms with Crippen LogP contribution in [-0.4, -0.2) is 23.1 Å². The SMILES string of the molecule is CCCCCC(C)Nc1nc(C)cc(OC)n1. The molecule has 1 atom stereocenters. The first-order chi connectivity index (χ1) is 8.15. The summed E-state index contributed by atoms with van der Waals surface area (Å²) in [6.45, 7) is 6.32. The van der Waals surface area contributed by atoms with Crippen molar-refractivity contribution < 1.29 is 4.74 Å². The van der Waals surface area contributed by atoms with Crippen LogP contribution in [0.2, 0.25) is 0 Å². The maximum atomic E-state index is 5.12. The Labute approximate surface area is 104 Å². The minimum atomic E-state index is 0.396. The summed E-state index contributed by atoms with van der Waals surface area (Å²) in [5.74, 6) is 1.27. The third-order valence-corrected chi connectivity index (χ3v) is 2.66. The van der Waals surface area contributed by atoms with Crippen LogP contribution in [0.4, 0.5) is 5.95 Å². The van der Waals surface area contributed by atoms with Crippen molar-refractivity contribution in [3.05, 3.63) is 11.8 Å². The van der Waals surface area contributed by atoms with Gasteiger partial charge in [0.05, 0.1) is 7.11 Å². The molecule has 1 aromatic rings. The van der Waals surface area contributed by atoms with E-state index >= 15 is 0 Å². The Morgan fingerprint density at radius 3 is 2.76 bits per heavy atom. The Kier molecular flexibility index (Phi) is 5.73. The molecule has 0 amide bonds. The molecule has 96 valence electrons. The summed E-state index contributed by atoms with van der Waals surface area (Å²) in [6.07, 6.45) is 4.92. The first-order valence-electron chi connectivity index (χ1n) is 6.32. The molecule has 1 N–H and O–H groups in total. The molecule has 0 aliphatic rings. The molecule has 4 nitrogen and oxygen atoms in total. The molecule has 1 aromatic heterocycles. The average molecular weight is 237 g/mol. The first kappa shape index (κ1) is 13.7. The van der Waals surface area contributed by atoms with Crippen LogP contribution in [0.25, 0.3) is 0 Å². The molecule has 0 aliphatic carbocycles. The maximum absolute atomic E-state index is 5.12. The van der Waals surface area contributed by atoms with Crippen LogP contribution in [0, 0.1) is 6.92 Å². The highest BCUT2D eigenvalue weighted by atomic mass is 16.5. The smallest absolute Gasteiger partial charge is 0.226 e. The van der Waals surface area contributed by atoms with Gasteiger partial charge in [-0.1, -0.05) is 26.2 Å². The lowest BCUT2D eigenvalue weighted by atomic mass is 10.1. The first-order valence-corrected chi connectivity index (χ1v) is 6.32. The Morgan fingerprint density at radius 2 is 2.12 bits per heavy atom. The van der Waals surface area contributed by atoms with Crippen LogP contribution in [0.3, 0.4) is 0 Å². The summed E-state index contributed by atoms with van der Waals surface area (Å²) in [5.41, 5.74) is 0.917. The van der Waals surface area contributed by atoms with Crippen LogP contribution < -0.4 is 10.1 Å². The van der Waals surface area contributed by atoms with E-state index in [1.807, 2.05) is 13.0 Å². The molecule has 0 fully saturated rings. The van der Waals surface area contributed by atoms with E-state index in [0.717, 1.165) is 12.1 Å². The van der Waals surface area contributed by atoms with Crippen LogP contribution in [-0.2, 0) is 0 Å². The van der Waals surface area contributed by atoms with E-state index in [4.69, 9.17) is 4.74 Å². The zero-order valence-corrected chi connectivity index (χ0v) is 11.3. The van der Waals surface area contributed by atoms with E-state index in [9.17, 15) is 0 Å². The molecule has 0 bridgehead atoms. The van der Waals surface area contributed by atoms with Gasteiger partial charge in [-0.25, -0.2) is 4.98 Å². The zero-order valence-electron chi connectivity index (χ0n) is 11.3. The van der Waals surface area contributed by atoms with Crippen molar-refractivity contribution >= 4 is 5.95 Å². The highest BCUT2D eigenvalue weighted by Gasteiger charge is 2.06. The number of methoxy groups -OCH3 is 1. The number of nitrogens with zero attached hydrogens (tertiary/aromatic N) is 2. The minimum Gasteiger partial charge on any atom is -0.481 e. The van der Waals surface area contributed by atoms with Gasteiger partial charge in [-0.3, -0.25) is 0 Å². The molecular weight excluding hydrogens is 214 g/mol. The number of nitrogens with one attached hydrogen (secondary N) is 1. The van der Waals surface area contributed by atoms with Gasteiger partial charge in [-0.2, -0.15) is 4.98 Å². The number of hydrogen-bond acceptors (Lipinski definition) is 4. The highest BCUT2D eigenvalue weighted by molar-refractivity contribution is 5.31. The molecule has 1 rings (SSSR count). The number of aryl methyl sites for hydroxylation is 1. The lowest BCUT2D eigenvalue weighted by Gasteiger charge is -2.14. The van der Waals surface area contributed by atoms with Gasteiger partial charge in [-0.15, -0.1) is 0 Å². The van der Waals surface area contributed by atoms with E-state index in [-0.39, 0.29) is 0 Å². The standard InChI is InChI=1S/C13H23N3O/c1-5-6-7-8-10(2)14-13-15-11(3)9-12(16-13)17-4/h9-10H,5-8H2,1-4H3,(H,14,15,16). The Hall–Kier alpha value is -1.32. The second kappa shape index (κ2) is 7.09. The number of aromatic nitrogens is 2. The lowest BCUT2D eigenvalue weighted by Crippen LogP contribution is -2.17. The van der Waals surface area contributed by atoms with Crippen LogP contribution in [0.15, 0.2) is 6.07 Å². The molecule has 0 spiro atoms. The van der Waals surface area contributed by atoms with E-state index in [2.05, 4.69) is 29.1 Å². The van der Waals surface area contributed by atoms with Crippen LogP contribution >= 0.6 is 0 Å². The van der Waals surface area contributed by atoms with E-state index in [1.165, 1.54) is 19.3 Å². The fraction of sp³-hybridized carbons (Fsp3) is 0.692. The molecule has 0 aromatic carbocycles. The fourth-order valence-corrected chi connectivity index (χ4v) is 1.70. The van der Waals surface area contributed by atoms with Gasteiger partial charge in [0, 0.05) is 17.8 Å². The minimum absolute atomic E-state index is 0.396. The lowest BCUT2D eigenvalue weighted by molar-refractivity contribution is 0.396. The van der Waals surface area contributed by atoms with E-state index < -0.39 is 0 Å². The quantitative estimate of drug-likeness (QED) is 0.740. The Morgan fingerprint density at radius 1 is 1.35 bits per heavy atom. The summed E-state index contributed by atoms with van der Waals surface area (Å²) in [4.78, 5) is 8.62. The van der Waals surface area contributed by atoms with Gasteiger partial charge in [0.2, 0.25) is 11.8 Å². The summed E-state index contributed by atoms with van der Waals surface area (Å²) in [5, 5.41) is 3.31. The van der Waals surface area contributed by atoms with Crippen molar-refractivity contribution in [2.24, 2.45) is 0 Å². The van der Waals surface area contributed by atoms with Gasteiger partial charge < -0.3 is 10.1 Å². The number of rotatable bonds is 7. The van der Waals surface area contributed by atoms with Crippen molar-refractivity contribution in [2.75, 3.05) is 12.4 Å². The zero-order chi connectivity index (χ0) is 12.7. The fourth-order valence-electron chi connectivity index (χ4n) is 1.70. The summed E-state index contributed by atoms with van der Waals surface area (Å²) < 4.78 is 5.12. The molecule has 1 heterocycles. The topological polar surface area (TPSA) is 47.0 Å². The van der Waals surface area contributed by atoms with Crippen molar-refractivity contribution in [2.45, 2.75) is 52.5 Å². The largest absolute Gasteiger partial charge is 0.481 e. The van der Waals surface area contributed by atoms with Gasteiger partial charge >= 0.3 is 0 Å². The Balaban J connectivity index is 2.52. The Bertz CT molecular complexity index is 341. The van der Waals surface area contributed by atoms with Crippen molar-refractivity contribution in [1.29, 1.82) is 0 Å². The number of anilines is 1. The summed E-state index contributed by atoms with van der Waals surface area (Å²) in [6, 6.07) is 2.22. The number of unbranched alkanes of at least 4 members (excludes halogenated alkanes) is 2. The number of hydrogen-bond donors (Lipinski definition) is 1. The third kappa shape index (κ3) is 5.02. The third-order valence-electron chi connectivity index (χ3n) is 2.66. The molecule has 17 heavy (non-hydrogen) atoms. The van der Waals surface area contributed by atoms with Gasteiger partial charge in [0.1, 0.15) is 0 Å². The summed E-state index contributed by atoms with van der Waals surface area (Å²) >= 11 is 0. The monoisotopic (exact) mass is 237 g/mol. The molecule has 0 aliphatic heterocycles. The molecular formula is C13H23N3O.